The number of benzene rings is 2. The van der Waals surface area contributed by atoms with Crippen LogP contribution in [0.3, 0.4) is 0 Å². The van der Waals surface area contributed by atoms with Gasteiger partial charge in [-0.05, 0) is 55.2 Å². The lowest BCUT2D eigenvalue weighted by Crippen LogP contribution is -2.45. The number of nitrogens with one attached hydrogen (secondary N) is 2. The van der Waals surface area contributed by atoms with Crippen LogP contribution in [0.1, 0.15) is 53.1 Å². The normalized spacial score (nSPS) is 16.1. The lowest BCUT2D eigenvalue weighted by atomic mass is 10.0. The molecule has 3 amide bonds. The van der Waals surface area contributed by atoms with Gasteiger partial charge in [0.15, 0.2) is 0 Å². The average molecular weight is 432 g/mol. The zero-order chi connectivity index (χ0) is 22.8. The van der Waals surface area contributed by atoms with E-state index in [9.17, 15) is 19.2 Å². The van der Waals surface area contributed by atoms with Crippen LogP contribution >= 0.6 is 0 Å². The predicted molar refractivity (Wildman–Crippen MR) is 119 cm³/mol. The van der Waals surface area contributed by atoms with Crippen LogP contribution in [0.4, 0.5) is 0 Å². The monoisotopic (exact) mass is 432 g/mol. The third kappa shape index (κ3) is 4.16. The number of imide groups is 1. The minimum atomic E-state index is -0.772. The standard InChI is InChI=1S/C24H24N4O4/c1-3-15-4-7-17(8-5-15)22(30)25-13-16-6-9-19-18(12-16)24(32)28(14(2)26-19)20-10-11-21(29)27-23(20)31/h4-9,12,20H,3,10-11,13H2,1-2H3,(H,25,30)(H,27,29,31). The average Bonchev–Trinajstić information content (AvgIpc) is 2.79. The molecule has 1 fully saturated rings. The SMILES string of the molecule is CCc1ccc(C(=O)NCc2ccc3nc(C)n(C4CCC(=O)NC4=O)c(=O)c3c2)cc1. The summed E-state index contributed by atoms with van der Waals surface area (Å²) in [4.78, 5) is 53.9. The Morgan fingerprint density at radius 2 is 1.84 bits per heavy atom. The third-order valence-electron chi connectivity index (χ3n) is 5.74. The first-order chi connectivity index (χ1) is 15.4. The van der Waals surface area contributed by atoms with Gasteiger partial charge in [-0.3, -0.25) is 29.1 Å². The van der Waals surface area contributed by atoms with Crippen LogP contribution in [0, 0.1) is 6.92 Å². The second-order valence-corrected chi connectivity index (χ2v) is 7.89. The Morgan fingerprint density at radius 3 is 2.53 bits per heavy atom. The molecule has 164 valence electrons. The molecule has 0 saturated carbocycles. The molecule has 32 heavy (non-hydrogen) atoms. The Bertz CT molecular complexity index is 1280. The smallest absolute Gasteiger partial charge is 0.262 e. The number of fused-ring (bicyclic) bond motifs is 1. The summed E-state index contributed by atoms with van der Waals surface area (Å²) >= 11 is 0. The summed E-state index contributed by atoms with van der Waals surface area (Å²) in [6, 6.07) is 11.9. The topological polar surface area (TPSA) is 110 Å². The maximum Gasteiger partial charge on any atom is 0.262 e. The number of piperidine rings is 1. The molecule has 4 rings (SSSR count). The Labute approximate surface area is 184 Å². The van der Waals surface area contributed by atoms with Gasteiger partial charge in [-0.1, -0.05) is 25.1 Å². The van der Waals surface area contributed by atoms with Crippen LogP contribution in [-0.4, -0.2) is 27.3 Å². The molecule has 3 aromatic rings. The van der Waals surface area contributed by atoms with E-state index < -0.39 is 11.9 Å². The van der Waals surface area contributed by atoms with E-state index in [4.69, 9.17) is 0 Å². The van der Waals surface area contributed by atoms with Crippen molar-refractivity contribution in [2.24, 2.45) is 0 Å². The molecule has 1 saturated heterocycles. The van der Waals surface area contributed by atoms with Gasteiger partial charge in [0.05, 0.1) is 10.9 Å². The minimum Gasteiger partial charge on any atom is -0.348 e. The number of hydrogen-bond donors (Lipinski definition) is 2. The molecule has 2 heterocycles. The lowest BCUT2D eigenvalue weighted by molar-refractivity contribution is -0.135. The molecule has 1 atom stereocenters. The van der Waals surface area contributed by atoms with Crippen molar-refractivity contribution in [3.05, 3.63) is 75.3 Å². The first kappa shape index (κ1) is 21.4. The molecule has 8 nitrogen and oxygen atoms in total. The molecule has 2 N–H and O–H groups in total. The van der Waals surface area contributed by atoms with Crippen LogP contribution < -0.4 is 16.2 Å². The quantitative estimate of drug-likeness (QED) is 0.601. The molecule has 2 aromatic carbocycles. The van der Waals surface area contributed by atoms with Gasteiger partial charge in [0.2, 0.25) is 11.8 Å². The van der Waals surface area contributed by atoms with E-state index >= 15 is 0 Å². The maximum absolute atomic E-state index is 13.2. The number of hydrogen-bond acceptors (Lipinski definition) is 5. The Balaban J connectivity index is 1.59. The molecule has 0 spiro atoms. The predicted octanol–water partition coefficient (Wildman–Crippen LogP) is 2.18. The number of nitrogens with zero attached hydrogens (tertiary/aromatic N) is 2. The molecule has 8 heteroatoms. The number of carbonyl (C=O) groups excluding carboxylic acids is 3. The number of rotatable bonds is 5. The van der Waals surface area contributed by atoms with E-state index in [-0.39, 0.29) is 36.8 Å². The van der Waals surface area contributed by atoms with Crippen LogP contribution in [0.2, 0.25) is 0 Å². The van der Waals surface area contributed by atoms with Crippen molar-refractivity contribution in [2.75, 3.05) is 0 Å². The molecule has 1 unspecified atom stereocenters. The van der Waals surface area contributed by atoms with E-state index in [0.717, 1.165) is 17.5 Å². The molecule has 1 aromatic heterocycles. The Morgan fingerprint density at radius 1 is 1.12 bits per heavy atom. The van der Waals surface area contributed by atoms with Crippen molar-refractivity contribution < 1.29 is 14.4 Å². The molecule has 0 radical (unpaired) electrons. The summed E-state index contributed by atoms with van der Waals surface area (Å²) in [5.74, 6) is -0.623. The highest BCUT2D eigenvalue weighted by Gasteiger charge is 2.30. The molecular formula is C24H24N4O4. The first-order valence-corrected chi connectivity index (χ1v) is 10.6. The summed E-state index contributed by atoms with van der Waals surface area (Å²) in [6.07, 6.45) is 1.33. The molecule has 1 aliphatic heterocycles. The second kappa shape index (κ2) is 8.74. The van der Waals surface area contributed by atoms with E-state index in [1.807, 2.05) is 18.2 Å². The summed E-state index contributed by atoms with van der Waals surface area (Å²) < 4.78 is 1.35. The fraction of sp³-hybridized carbons (Fsp3) is 0.292. The first-order valence-electron chi connectivity index (χ1n) is 10.6. The highest BCUT2D eigenvalue weighted by molar-refractivity contribution is 5.99. The van der Waals surface area contributed by atoms with Gasteiger partial charge in [-0.15, -0.1) is 0 Å². The number of carbonyl (C=O) groups is 3. The van der Waals surface area contributed by atoms with Crippen LogP contribution in [0.5, 0.6) is 0 Å². The number of amides is 3. The van der Waals surface area contributed by atoms with Crippen molar-refractivity contribution >= 4 is 28.6 Å². The zero-order valence-corrected chi connectivity index (χ0v) is 18.0. The highest BCUT2D eigenvalue weighted by Crippen LogP contribution is 2.20. The van der Waals surface area contributed by atoms with Crippen molar-refractivity contribution in [1.82, 2.24) is 20.2 Å². The van der Waals surface area contributed by atoms with Crippen molar-refractivity contribution in [3.63, 3.8) is 0 Å². The highest BCUT2D eigenvalue weighted by atomic mass is 16.2. The number of aromatic nitrogens is 2. The van der Waals surface area contributed by atoms with E-state index in [2.05, 4.69) is 22.5 Å². The zero-order valence-electron chi connectivity index (χ0n) is 18.0. The summed E-state index contributed by atoms with van der Waals surface area (Å²) in [5, 5.41) is 5.51. The minimum absolute atomic E-state index is 0.172. The van der Waals surface area contributed by atoms with Gasteiger partial charge < -0.3 is 5.32 Å². The van der Waals surface area contributed by atoms with Crippen LogP contribution in [0.25, 0.3) is 10.9 Å². The van der Waals surface area contributed by atoms with Crippen LogP contribution in [0.15, 0.2) is 47.3 Å². The Kier molecular flexibility index (Phi) is 5.85. The van der Waals surface area contributed by atoms with Crippen molar-refractivity contribution in [3.8, 4) is 0 Å². The van der Waals surface area contributed by atoms with E-state index in [0.29, 0.717) is 22.3 Å². The molecule has 0 aliphatic carbocycles. The molecular weight excluding hydrogens is 408 g/mol. The van der Waals surface area contributed by atoms with Gasteiger partial charge in [0, 0.05) is 18.5 Å². The molecule has 0 bridgehead atoms. The maximum atomic E-state index is 13.2. The Hall–Kier alpha value is -3.81. The van der Waals surface area contributed by atoms with Gasteiger partial charge >= 0.3 is 0 Å². The van der Waals surface area contributed by atoms with Gasteiger partial charge in [-0.2, -0.15) is 0 Å². The van der Waals surface area contributed by atoms with Gasteiger partial charge in [0.1, 0.15) is 11.9 Å². The summed E-state index contributed by atoms with van der Waals surface area (Å²) in [6.45, 7) is 3.97. The van der Waals surface area contributed by atoms with Crippen LogP contribution in [-0.2, 0) is 22.6 Å². The summed E-state index contributed by atoms with van der Waals surface area (Å²) in [7, 11) is 0. The summed E-state index contributed by atoms with van der Waals surface area (Å²) in [5.41, 5.74) is 2.65. The lowest BCUT2D eigenvalue weighted by Gasteiger charge is -2.24. The van der Waals surface area contributed by atoms with Gasteiger partial charge in [0.25, 0.3) is 11.5 Å². The largest absolute Gasteiger partial charge is 0.348 e. The van der Waals surface area contributed by atoms with Gasteiger partial charge in [-0.25, -0.2) is 4.98 Å². The van der Waals surface area contributed by atoms with Crippen molar-refractivity contribution in [2.45, 2.75) is 45.7 Å². The number of aryl methyl sites for hydroxylation is 2. The molecule has 1 aliphatic rings. The van der Waals surface area contributed by atoms with E-state index in [1.54, 1.807) is 31.2 Å². The third-order valence-corrected chi connectivity index (χ3v) is 5.74. The second-order valence-electron chi connectivity index (χ2n) is 7.89. The van der Waals surface area contributed by atoms with Crippen molar-refractivity contribution in [1.29, 1.82) is 0 Å². The van der Waals surface area contributed by atoms with E-state index in [1.165, 1.54) is 4.57 Å². The fourth-order valence-corrected chi connectivity index (χ4v) is 3.94. The fourth-order valence-electron chi connectivity index (χ4n) is 3.94.